The van der Waals surface area contributed by atoms with E-state index in [-0.39, 0.29) is 12.0 Å². The molecule has 0 bridgehead atoms. The maximum Gasteiger partial charge on any atom is 0.338 e. The Kier molecular flexibility index (Phi) is 4.42. The summed E-state index contributed by atoms with van der Waals surface area (Å²) in [5.74, 6) is -3.50. The van der Waals surface area contributed by atoms with Gasteiger partial charge >= 0.3 is 5.97 Å². The van der Waals surface area contributed by atoms with Crippen LogP contribution in [0.4, 0.5) is 0 Å². The van der Waals surface area contributed by atoms with Gasteiger partial charge in [0.05, 0.1) is 17.8 Å². The second-order valence-electron chi connectivity index (χ2n) is 5.08. The fourth-order valence-electron chi connectivity index (χ4n) is 2.22. The molecule has 4 atom stereocenters. The van der Waals surface area contributed by atoms with Gasteiger partial charge in [-0.25, -0.2) is 4.79 Å². The van der Waals surface area contributed by atoms with Gasteiger partial charge in [0, 0.05) is 6.42 Å². The second-order valence-corrected chi connectivity index (χ2v) is 5.08. The quantitative estimate of drug-likeness (QED) is 0.245. The molecule has 2 rings (SSSR count). The topological polar surface area (TPSA) is 168 Å². The molecule has 1 aromatic rings. The van der Waals surface area contributed by atoms with Gasteiger partial charge in [0.2, 0.25) is 0 Å². The maximum atomic E-state index is 11.9. The molecule has 1 fully saturated rings. The summed E-state index contributed by atoms with van der Waals surface area (Å²) in [6.45, 7) is 0. The van der Waals surface area contributed by atoms with Crippen molar-refractivity contribution >= 4 is 5.97 Å². The molecule has 122 valence electrons. The summed E-state index contributed by atoms with van der Waals surface area (Å²) in [6, 6.07) is 1.62. The number of rotatable bonds is 2. The minimum absolute atomic E-state index is 0.281. The Morgan fingerprint density at radius 3 is 1.86 bits per heavy atom. The number of hydrogen-bond donors (Lipinski definition) is 7. The molecule has 0 aromatic heterocycles. The highest BCUT2D eigenvalue weighted by Crippen LogP contribution is 2.36. The second kappa shape index (κ2) is 5.97. The Morgan fingerprint density at radius 1 is 0.955 bits per heavy atom. The third-order valence-corrected chi connectivity index (χ3v) is 3.49. The average molecular weight is 316 g/mol. The van der Waals surface area contributed by atoms with Crippen LogP contribution in [0, 0.1) is 0 Å². The van der Waals surface area contributed by atoms with Crippen molar-refractivity contribution in [3.05, 3.63) is 17.7 Å². The number of aliphatic hydroxyl groups excluding tert-OH is 4. The number of esters is 1. The molecule has 0 heterocycles. The Hall–Kier alpha value is -2.07. The highest BCUT2D eigenvalue weighted by Gasteiger charge is 2.44. The molecular formula is C13H16O9. The van der Waals surface area contributed by atoms with E-state index in [1.165, 1.54) is 0 Å². The average Bonchev–Trinajstić information content (AvgIpc) is 2.46. The summed E-state index contributed by atoms with van der Waals surface area (Å²) in [4.78, 5) is 11.9. The number of aromatic hydroxyl groups is 3. The Bertz CT molecular complexity index is 536. The molecule has 9 heteroatoms. The zero-order valence-corrected chi connectivity index (χ0v) is 11.2. The number of phenols is 3. The van der Waals surface area contributed by atoms with E-state index in [0.29, 0.717) is 0 Å². The molecule has 1 aliphatic carbocycles. The van der Waals surface area contributed by atoms with E-state index < -0.39 is 53.7 Å². The lowest BCUT2D eigenvalue weighted by molar-refractivity contribution is -0.177. The highest BCUT2D eigenvalue weighted by molar-refractivity contribution is 5.91. The van der Waals surface area contributed by atoms with Crippen LogP contribution in [0.25, 0.3) is 0 Å². The van der Waals surface area contributed by atoms with E-state index in [1.807, 2.05) is 0 Å². The number of hydrogen-bond acceptors (Lipinski definition) is 9. The van der Waals surface area contributed by atoms with Crippen LogP contribution in [0.3, 0.4) is 0 Å². The molecular weight excluding hydrogens is 300 g/mol. The number of aliphatic hydroxyl groups is 4. The number of phenolic OH excluding ortho intramolecular Hbond substituents is 3. The first-order valence-corrected chi connectivity index (χ1v) is 6.40. The first-order valence-electron chi connectivity index (χ1n) is 6.40. The van der Waals surface area contributed by atoms with E-state index in [2.05, 4.69) is 0 Å². The molecule has 0 spiro atoms. The van der Waals surface area contributed by atoms with E-state index in [1.54, 1.807) is 0 Å². The zero-order valence-electron chi connectivity index (χ0n) is 11.2. The summed E-state index contributed by atoms with van der Waals surface area (Å²) in [5.41, 5.74) is -0.359. The summed E-state index contributed by atoms with van der Waals surface area (Å²) >= 11 is 0. The zero-order chi connectivity index (χ0) is 16.6. The predicted octanol–water partition coefficient (Wildman–Crippen LogP) is -1.82. The van der Waals surface area contributed by atoms with Crippen molar-refractivity contribution in [3.63, 3.8) is 0 Å². The number of carbonyl (C=O) groups is 1. The number of carbonyl (C=O) groups excluding carboxylic acids is 1. The lowest BCUT2D eigenvalue weighted by Crippen LogP contribution is -2.57. The van der Waals surface area contributed by atoms with Gasteiger partial charge in [0.1, 0.15) is 12.2 Å². The van der Waals surface area contributed by atoms with Gasteiger partial charge in [-0.3, -0.25) is 0 Å². The highest BCUT2D eigenvalue weighted by atomic mass is 16.6. The molecule has 0 saturated heterocycles. The molecule has 7 N–H and O–H groups in total. The molecule has 0 amide bonds. The summed E-state index contributed by atoms with van der Waals surface area (Å²) in [6.07, 6.45) is -7.87. The fourth-order valence-corrected chi connectivity index (χ4v) is 2.22. The van der Waals surface area contributed by atoms with Gasteiger partial charge < -0.3 is 40.5 Å². The van der Waals surface area contributed by atoms with Gasteiger partial charge in [-0.1, -0.05) is 0 Å². The molecule has 9 nitrogen and oxygen atoms in total. The van der Waals surface area contributed by atoms with E-state index in [0.717, 1.165) is 12.1 Å². The predicted molar refractivity (Wildman–Crippen MR) is 69.3 cm³/mol. The molecule has 22 heavy (non-hydrogen) atoms. The first kappa shape index (κ1) is 16.3. The first-order chi connectivity index (χ1) is 10.2. The van der Waals surface area contributed by atoms with Crippen LogP contribution >= 0.6 is 0 Å². The lowest BCUT2D eigenvalue weighted by Gasteiger charge is -2.37. The third kappa shape index (κ3) is 2.92. The van der Waals surface area contributed by atoms with Crippen molar-refractivity contribution < 1.29 is 45.3 Å². The summed E-state index contributed by atoms with van der Waals surface area (Å²) < 4.78 is 4.83. The van der Waals surface area contributed by atoms with Crippen molar-refractivity contribution in [2.75, 3.05) is 0 Å². The number of benzene rings is 1. The van der Waals surface area contributed by atoms with Crippen molar-refractivity contribution in [3.8, 4) is 17.2 Å². The van der Waals surface area contributed by atoms with Crippen molar-refractivity contribution in [2.45, 2.75) is 36.9 Å². The molecule has 1 aromatic carbocycles. The minimum atomic E-state index is -1.61. The SMILES string of the molecule is O=C(OC1C(O)C(O)CC(O)C1O)c1cc(O)c(O)c(O)c1. The van der Waals surface area contributed by atoms with E-state index in [4.69, 9.17) is 4.74 Å². The maximum absolute atomic E-state index is 11.9. The largest absolute Gasteiger partial charge is 0.504 e. The Morgan fingerprint density at radius 2 is 1.41 bits per heavy atom. The van der Waals surface area contributed by atoms with Gasteiger partial charge in [-0.05, 0) is 12.1 Å². The van der Waals surface area contributed by atoms with Crippen LogP contribution in [-0.2, 0) is 4.74 Å². The number of ether oxygens (including phenoxy) is 1. The minimum Gasteiger partial charge on any atom is -0.504 e. The molecule has 4 unspecified atom stereocenters. The van der Waals surface area contributed by atoms with Crippen LogP contribution in [0.15, 0.2) is 12.1 Å². The standard InChI is InChI=1S/C13H16O9/c14-5-1-4(2-6(15)9(5)18)13(21)22-12-10(19)7(16)3-8(17)11(12)20/h1-2,7-8,10-12,14-20H,3H2. The molecule has 1 saturated carbocycles. The molecule has 0 radical (unpaired) electrons. The fraction of sp³-hybridized carbons (Fsp3) is 0.462. The lowest BCUT2D eigenvalue weighted by atomic mass is 9.87. The van der Waals surface area contributed by atoms with Crippen LogP contribution in [0.2, 0.25) is 0 Å². The van der Waals surface area contributed by atoms with Crippen molar-refractivity contribution in [1.82, 2.24) is 0 Å². The normalized spacial score (nSPS) is 31.7. The van der Waals surface area contributed by atoms with E-state index in [9.17, 15) is 40.5 Å². The van der Waals surface area contributed by atoms with Gasteiger partial charge in [0.25, 0.3) is 0 Å². The monoisotopic (exact) mass is 316 g/mol. The Balaban J connectivity index is 2.20. The molecule has 1 aliphatic rings. The smallest absolute Gasteiger partial charge is 0.338 e. The van der Waals surface area contributed by atoms with E-state index >= 15 is 0 Å². The van der Waals surface area contributed by atoms with Crippen LogP contribution < -0.4 is 0 Å². The van der Waals surface area contributed by atoms with Gasteiger partial charge in [0.15, 0.2) is 23.4 Å². The Labute approximate surface area is 124 Å². The van der Waals surface area contributed by atoms with Crippen LogP contribution in [0.1, 0.15) is 16.8 Å². The van der Waals surface area contributed by atoms with Gasteiger partial charge in [-0.15, -0.1) is 0 Å². The van der Waals surface area contributed by atoms with Crippen LogP contribution in [0.5, 0.6) is 17.2 Å². The van der Waals surface area contributed by atoms with Crippen LogP contribution in [-0.4, -0.2) is 72.2 Å². The molecule has 0 aliphatic heterocycles. The summed E-state index contributed by atoms with van der Waals surface area (Å²) in [7, 11) is 0. The van der Waals surface area contributed by atoms with Crippen molar-refractivity contribution in [1.29, 1.82) is 0 Å². The van der Waals surface area contributed by atoms with Gasteiger partial charge in [-0.2, -0.15) is 0 Å². The third-order valence-electron chi connectivity index (χ3n) is 3.49. The van der Waals surface area contributed by atoms with Crippen molar-refractivity contribution in [2.24, 2.45) is 0 Å². The summed E-state index contributed by atoms with van der Waals surface area (Å²) in [5, 5.41) is 66.4.